The van der Waals surface area contributed by atoms with Crippen LogP contribution in [-0.4, -0.2) is 52.5 Å². The average Bonchev–Trinajstić information content (AvgIpc) is 3.11. The van der Waals surface area contributed by atoms with Crippen LogP contribution >= 0.6 is 0 Å². The third-order valence-corrected chi connectivity index (χ3v) is 9.56. The number of likely N-dealkylation sites (tertiary alicyclic amines) is 1. The number of sulfonamides is 1. The lowest BCUT2D eigenvalue weighted by molar-refractivity contribution is 0.0472. The van der Waals surface area contributed by atoms with Crippen molar-refractivity contribution >= 4 is 27.6 Å². The Morgan fingerprint density at radius 3 is 1.94 bits per heavy atom. The van der Waals surface area contributed by atoms with Gasteiger partial charge < -0.3 is 19.1 Å². The van der Waals surface area contributed by atoms with Gasteiger partial charge in [-0.25, -0.2) is 22.0 Å². The standard InChI is InChI=1S/C35H34F2N2O7S/c1-44-32-28(34(40)38-19-10-5-11-20-38)33(45-2)30(37)31(29(32)36)39(22-24-13-6-3-7-14-24)47(42,43)27-18-12-17-26(21-27)35(41)46-23-25-15-8-4-9-16-25/h3-4,6-9,12-18,21H,5,10-11,19-20,22-23H2,1-2H3. The highest BCUT2D eigenvalue weighted by atomic mass is 32.2. The number of piperidine rings is 1. The lowest BCUT2D eigenvalue weighted by atomic mass is 10.1. The van der Waals surface area contributed by atoms with Gasteiger partial charge in [-0.3, -0.25) is 9.10 Å². The third-order valence-electron chi connectivity index (χ3n) is 7.82. The highest BCUT2D eigenvalue weighted by molar-refractivity contribution is 7.92. The minimum atomic E-state index is -4.78. The van der Waals surface area contributed by atoms with Crippen LogP contribution in [0.15, 0.2) is 89.8 Å². The van der Waals surface area contributed by atoms with E-state index >= 15 is 8.78 Å². The Hall–Kier alpha value is -4.97. The lowest BCUT2D eigenvalue weighted by Crippen LogP contribution is -2.37. The fraction of sp³-hybridized carbons (Fsp3) is 0.257. The van der Waals surface area contributed by atoms with Crippen LogP contribution < -0.4 is 13.8 Å². The summed E-state index contributed by atoms with van der Waals surface area (Å²) in [5, 5.41) is 0. The largest absolute Gasteiger partial charge is 0.493 e. The van der Waals surface area contributed by atoms with E-state index in [4.69, 9.17) is 14.2 Å². The molecule has 12 heteroatoms. The van der Waals surface area contributed by atoms with Crippen molar-refractivity contribution in [1.29, 1.82) is 0 Å². The number of anilines is 1. The molecule has 0 spiro atoms. The first-order valence-corrected chi connectivity index (χ1v) is 16.4. The molecule has 246 valence electrons. The molecule has 0 unspecified atom stereocenters. The lowest BCUT2D eigenvalue weighted by Gasteiger charge is -2.30. The van der Waals surface area contributed by atoms with Gasteiger partial charge in [0.2, 0.25) is 0 Å². The summed E-state index contributed by atoms with van der Waals surface area (Å²) < 4.78 is 78.3. The highest BCUT2D eigenvalue weighted by Crippen LogP contribution is 2.44. The van der Waals surface area contributed by atoms with Crippen LogP contribution in [0.3, 0.4) is 0 Å². The monoisotopic (exact) mass is 664 g/mol. The molecule has 0 radical (unpaired) electrons. The highest BCUT2D eigenvalue weighted by Gasteiger charge is 2.39. The van der Waals surface area contributed by atoms with E-state index in [0.717, 1.165) is 45.1 Å². The molecule has 9 nitrogen and oxygen atoms in total. The molecule has 1 fully saturated rings. The molecule has 1 aliphatic heterocycles. The zero-order chi connectivity index (χ0) is 33.6. The number of carbonyl (C=O) groups is 2. The molecule has 4 aromatic rings. The van der Waals surface area contributed by atoms with Crippen LogP contribution in [-0.2, 0) is 27.9 Å². The summed E-state index contributed by atoms with van der Waals surface area (Å²) in [7, 11) is -2.58. The van der Waals surface area contributed by atoms with E-state index in [1.807, 2.05) is 6.07 Å². The fourth-order valence-corrected chi connectivity index (χ4v) is 6.94. The second-order valence-corrected chi connectivity index (χ2v) is 12.7. The van der Waals surface area contributed by atoms with Crippen molar-refractivity contribution in [3.8, 4) is 11.5 Å². The molecule has 0 bridgehead atoms. The first-order valence-electron chi connectivity index (χ1n) is 15.0. The second kappa shape index (κ2) is 14.6. The first-order chi connectivity index (χ1) is 22.7. The van der Waals surface area contributed by atoms with E-state index in [2.05, 4.69) is 0 Å². The Bertz CT molecular complexity index is 1820. The maximum atomic E-state index is 16.5. The molecule has 0 atom stereocenters. The van der Waals surface area contributed by atoms with Gasteiger partial charge in [0.1, 0.15) is 17.9 Å². The zero-order valence-corrected chi connectivity index (χ0v) is 26.8. The number of methoxy groups -OCH3 is 2. The number of hydrogen-bond donors (Lipinski definition) is 0. The molecule has 1 amide bonds. The topological polar surface area (TPSA) is 102 Å². The molecule has 1 saturated heterocycles. The van der Waals surface area contributed by atoms with Gasteiger partial charge >= 0.3 is 5.97 Å². The molecule has 0 saturated carbocycles. The zero-order valence-electron chi connectivity index (χ0n) is 25.9. The van der Waals surface area contributed by atoms with E-state index in [1.165, 1.54) is 23.1 Å². The summed E-state index contributed by atoms with van der Waals surface area (Å²) in [6.07, 6.45) is 2.36. The number of nitrogens with zero attached hydrogens (tertiary/aromatic N) is 2. The van der Waals surface area contributed by atoms with Gasteiger partial charge in [0.25, 0.3) is 15.9 Å². The van der Waals surface area contributed by atoms with Crippen molar-refractivity contribution < 1.29 is 41.0 Å². The van der Waals surface area contributed by atoms with Crippen molar-refractivity contribution in [2.45, 2.75) is 37.3 Å². The summed E-state index contributed by atoms with van der Waals surface area (Å²) in [6.45, 7) is 0.213. The quantitative estimate of drug-likeness (QED) is 0.172. The minimum Gasteiger partial charge on any atom is -0.493 e. The van der Waals surface area contributed by atoms with Gasteiger partial charge in [0, 0.05) is 13.1 Å². The smallest absolute Gasteiger partial charge is 0.338 e. The Balaban J connectivity index is 1.61. The van der Waals surface area contributed by atoms with Crippen molar-refractivity contribution in [2.75, 3.05) is 31.6 Å². The Morgan fingerprint density at radius 2 is 1.36 bits per heavy atom. The average molecular weight is 665 g/mol. The summed E-state index contributed by atoms with van der Waals surface area (Å²) in [4.78, 5) is 27.5. The van der Waals surface area contributed by atoms with E-state index < -0.39 is 67.7 Å². The molecule has 1 heterocycles. The number of amides is 1. The van der Waals surface area contributed by atoms with Crippen LogP contribution in [0.5, 0.6) is 11.5 Å². The summed E-state index contributed by atoms with van der Waals surface area (Å²) >= 11 is 0. The van der Waals surface area contributed by atoms with E-state index in [1.54, 1.807) is 54.6 Å². The maximum Gasteiger partial charge on any atom is 0.338 e. The second-order valence-electron chi connectivity index (χ2n) is 10.9. The molecule has 47 heavy (non-hydrogen) atoms. The van der Waals surface area contributed by atoms with Crippen molar-refractivity contribution in [2.24, 2.45) is 0 Å². The molecular formula is C35H34F2N2O7S. The van der Waals surface area contributed by atoms with Crippen LogP contribution in [0.25, 0.3) is 0 Å². The first kappa shape index (κ1) is 33.4. The Kier molecular flexibility index (Phi) is 10.4. The van der Waals surface area contributed by atoms with Gasteiger partial charge in [-0.1, -0.05) is 66.7 Å². The van der Waals surface area contributed by atoms with Gasteiger partial charge in [-0.05, 0) is 48.6 Å². The van der Waals surface area contributed by atoms with Gasteiger partial charge in [0.05, 0.1) is 31.2 Å². The number of ether oxygens (including phenoxy) is 3. The number of halogens is 2. The van der Waals surface area contributed by atoms with Crippen LogP contribution in [0.2, 0.25) is 0 Å². The van der Waals surface area contributed by atoms with Crippen molar-refractivity contribution in [1.82, 2.24) is 4.90 Å². The predicted octanol–water partition coefficient (Wildman–Crippen LogP) is 6.36. The number of benzene rings is 4. The number of esters is 1. The summed E-state index contributed by atoms with van der Waals surface area (Å²) in [5.41, 5.74) is -0.430. The Labute approximate surface area is 272 Å². The molecule has 0 aliphatic carbocycles. The van der Waals surface area contributed by atoms with Crippen LogP contribution in [0, 0.1) is 11.6 Å². The van der Waals surface area contributed by atoms with Crippen molar-refractivity contribution in [3.05, 3.63) is 119 Å². The Morgan fingerprint density at radius 1 is 0.787 bits per heavy atom. The van der Waals surface area contributed by atoms with Gasteiger partial charge in [-0.15, -0.1) is 0 Å². The fourth-order valence-electron chi connectivity index (χ4n) is 5.44. The third kappa shape index (κ3) is 7.07. The number of carbonyl (C=O) groups excluding carboxylic acids is 2. The summed E-state index contributed by atoms with van der Waals surface area (Å²) in [6, 6.07) is 22.1. The minimum absolute atomic E-state index is 0.0463. The normalized spacial score (nSPS) is 13.1. The SMILES string of the molecule is COc1c(F)c(N(Cc2ccccc2)S(=O)(=O)c2cccc(C(=O)OCc3ccccc3)c2)c(F)c(OC)c1C(=O)N1CCCCC1. The number of rotatable bonds is 11. The van der Waals surface area contributed by atoms with Gasteiger partial charge in [0.15, 0.2) is 23.1 Å². The van der Waals surface area contributed by atoms with Crippen LogP contribution in [0.1, 0.15) is 51.1 Å². The molecule has 1 aliphatic rings. The van der Waals surface area contributed by atoms with E-state index in [-0.39, 0.29) is 12.2 Å². The maximum absolute atomic E-state index is 16.5. The van der Waals surface area contributed by atoms with E-state index in [0.29, 0.717) is 23.0 Å². The van der Waals surface area contributed by atoms with Crippen molar-refractivity contribution in [3.63, 3.8) is 0 Å². The summed E-state index contributed by atoms with van der Waals surface area (Å²) in [5.74, 6) is -5.59. The molecule has 4 aromatic carbocycles. The molecule has 5 rings (SSSR count). The predicted molar refractivity (Wildman–Crippen MR) is 171 cm³/mol. The molecule has 0 N–H and O–H groups in total. The van der Waals surface area contributed by atoms with Gasteiger partial charge in [-0.2, -0.15) is 0 Å². The number of hydrogen-bond acceptors (Lipinski definition) is 7. The molecular weight excluding hydrogens is 630 g/mol. The van der Waals surface area contributed by atoms with E-state index in [9.17, 15) is 18.0 Å². The molecule has 0 aromatic heterocycles. The van der Waals surface area contributed by atoms with Crippen LogP contribution in [0.4, 0.5) is 14.5 Å².